The highest BCUT2D eigenvalue weighted by Gasteiger charge is 2.04. The Kier molecular flexibility index (Phi) is 3.66. The molecule has 1 aromatic rings. The Morgan fingerprint density at radius 2 is 2.13 bits per heavy atom. The van der Waals surface area contributed by atoms with Crippen molar-refractivity contribution in [2.75, 3.05) is 0 Å². The number of hydrogen-bond acceptors (Lipinski definition) is 3. The SMILES string of the molecule is N#CC#Cc1cccc(C(=O)CC#N)c1. The molecule has 0 bridgehead atoms. The Balaban J connectivity index is 2.99. The third-order valence-corrected chi connectivity index (χ3v) is 1.69. The van der Waals surface area contributed by atoms with Gasteiger partial charge in [-0.15, -0.1) is 0 Å². The van der Waals surface area contributed by atoms with Crippen molar-refractivity contribution < 1.29 is 4.79 Å². The first-order valence-corrected chi connectivity index (χ1v) is 4.18. The van der Waals surface area contributed by atoms with Crippen LogP contribution in [0.4, 0.5) is 0 Å². The van der Waals surface area contributed by atoms with Crippen molar-refractivity contribution in [3.63, 3.8) is 0 Å². The van der Waals surface area contributed by atoms with Gasteiger partial charge in [-0.05, 0) is 12.1 Å². The normalized spacial score (nSPS) is 7.87. The maximum atomic E-state index is 11.3. The van der Waals surface area contributed by atoms with Gasteiger partial charge in [0, 0.05) is 17.0 Å². The predicted molar refractivity (Wildman–Crippen MR) is 53.5 cm³/mol. The second-order valence-electron chi connectivity index (χ2n) is 2.70. The van der Waals surface area contributed by atoms with E-state index in [4.69, 9.17) is 10.5 Å². The molecule has 0 fully saturated rings. The lowest BCUT2D eigenvalue weighted by Crippen LogP contribution is -1.97. The van der Waals surface area contributed by atoms with E-state index < -0.39 is 0 Å². The van der Waals surface area contributed by atoms with E-state index in [9.17, 15) is 4.79 Å². The van der Waals surface area contributed by atoms with Crippen LogP contribution < -0.4 is 0 Å². The molecular formula is C12H6N2O. The average Bonchev–Trinajstić information content (AvgIpc) is 2.27. The molecule has 3 nitrogen and oxygen atoms in total. The van der Waals surface area contributed by atoms with E-state index in [1.54, 1.807) is 36.4 Å². The summed E-state index contributed by atoms with van der Waals surface area (Å²) in [6.07, 6.45) is -0.144. The zero-order chi connectivity index (χ0) is 11.1. The molecule has 0 amide bonds. The first-order valence-electron chi connectivity index (χ1n) is 4.18. The number of nitriles is 2. The monoisotopic (exact) mass is 194 g/mol. The average molecular weight is 194 g/mol. The van der Waals surface area contributed by atoms with Gasteiger partial charge in [-0.1, -0.05) is 18.1 Å². The quantitative estimate of drug-likeness (QED) is 0.531. The number of benzene rings is 1. The molecule has 0 aliphatic rings. The summed E-state index contributed by atoms with van der Waals surface area (Å²) in [4.78, 5) is 11.3. The maximum Gasteiger partial charge on any atom is 0.176 e. The van der Waals surface area contributed by atoms with Gasteiger partial charge in [0.05, 0.1) is 12.5 Å². The molecule has 0 saturated heterocycles. The van der Waals surface area contributed by atoms with Crippen molar-refractivity contribution in [3.05, 3.63) is 35.4 Å². The van der Waals surface area contributed by atoms with E-state index in [-0.39, 0.29) is 12.2 Å². The first kappa shape index (κ1) is 10.5. The van der Waals surface area contributed by atoms with Gasteiger partial charge in [0.25, 0.3) is 0 Å². The fourth-order valence-corrected chi connectivity index (χ4v) is 1.04. The minimum Gasteiger partial charge on any atom is -0.293 e. The standard InChI is InChI=1S/C12H6N2O/c13-7-2-4-10-3-1-5-11(9-10)12(15)6-8-14/h1,3,5,9H,6H2. The van der Waals surface area contributed by atoms with Gasteiger partial charge in [-0.3, -0.25) is 4.79 Å². The summed E-state index contributed by atoms with van der Waals surface area (Å²) in [5, 5.41) is 16.6. The van der Waals surface area contributed by atoms with E-state index in [0.717, 1.165) is 0 Å². The largest absolute Gasteiger partial charge is 0.293 e. The number of hydrogen-bond donors (Lipinski definition) is 0. The Labute approximate surface area is 87.6 Å². The molecule has 15 heavy (non-hydrogen) atoms. The molecule has 0 saturated carbocycles. The number of ketones is 1. The first-order chi connectivity index (χ1) is 7.27. The van der Waals surface area contributed by atoms with Crippen LogP contribution in [0.3, 0.4) is 0 Å². The number of carbonyl (C=O) groups excluding carboxylic acids is 1. The summed E-state index contributed by atoms with van der Waals surface area (Å²) >= 11 is 0. The van der Waals surface area contributed by atoms with Crippen molar-refractivity contribution in [2.24, 2.45) is 0 Å². The Bertz CT molecular complexity index is 521. The zero-order valence-corrected chi connectivity index (χ0v) is 7.82. The molecule has 3 heteroatoms. The molecule has 0 aliphatic carbocycles. The van der Waals surface area contributed by atoms with Crippen LogP contribution >= 0.6 is 0 Å². The fourth-order valence-electron chi connectivity index (χ4n) is 1.04. The van der Waals surface area contributed by atoms with Crippen LogP contribution in [0.25, 0.3) is 0 Å². The predicted octanol–water partition coefficient (Wildman–Crippen LogP) is 1.66. The number of rotatable bonds is 2. The molecule has 70 valence electrons. The van der Waals surface area contributed by atoms with Crippen LogP contribution in [0.1, 0.15) is 22.3 Å². The maximum absolute atomic E-state index is 11.3. The summed E-state index contributed by atoms with van der Waals surface area (Å²) in [7, 11) is 0. The molecule has 0 atom stereocenters. The zero-order valence-electron chi connectivity index (χ0n) is 7.82. The minimum atomic E-state index is -0.238. The van der Waals surface area contributed by atoms with Crippen LogP contribution in [0.15, 0.2) is 24.3 Å². The van der Waals surface area contributed by atoms with E-state index in [2.05, 4.69) is 11.8 Å². The Morgan fingerprint density at radius 3 is 2.80 bits per heavy atom. The van der Waals surface area contributed by atoms with Crippen molar-refractivity contribution in [1.29, 1.82) is 10.5 Å². The summed E-state index contributed by atoms with van der Waals surface area (Å²) < 4.78 is 0. The van der Waals surface area contributed by atoms with Crippen LogP contribution in [0.5, 0.6) is 0 Å². The molecule has 0 aliphatic heterocycles. The highest BCUT2D eigenvalue weighted by atomic mass is 16.1. The van der Waals surface area contributed by atoms with Gasteiger partial charge < -0.3 is 0 Å². The van der Waals surface area contributed by atoms with Crippen LogP contribution in [0, 0.1) is 34.5 Å². The van der Waals surface area contributed by atoms with E-state index >= 15 is 0 Å². The molecule has 0 aromatic heterocycles. The van der Waals surface area contributed by atoms with Gasteiger partial charge in [-0.25, -0.2) is 0 Å². The lowest BCUT2D eigenvalue weighted by Gasteiger charge is -1.96. The topological polar surface area (TPSA) is 64.7 Å². The van der Waals surface area contributed by atoms with Crippen molar-refractivity contribution in [3.8, 4) is 24.0 Å². The molecule has 0 unspecified atom stereocenters. The summed E-state index contributed by atoms with van der Waals surface area (Å²) in [5.41, 5.74) is 1.04. The third kappa shape index (κ3) is 2.99. The van der Waals surface area contributed by atoms with Gasteiger partial charge in [0.2, 0.25) is 0 Å². The fraction of sp³-hybridized carbons (Fsp3) is 0.0833. The number of nitrogens with zero attached hydrogens (tertiary/aromatic N) is 2. The van der Waals surface area contributed by atoms with Crippen molar-refractivity contribution in [1.82, 2.24) is 0 Å². The second kappa shape index (κ2) is 5.22. The highest BCUT2D eigenvalue weighted by molar-refractivity contribution is 5.97. The second-order valence-corrected chi connectivity index (χ2v) is 2.70. The minimum absolute atomic E-state index is 0.144. The van der Waals surface area contributed by atoms with Crippen molar-refractivity contribution in [2.45, 2.75) is 6.42 Å². The molecule has 0 N–H and O–H groups in total. The molecular weight excluding hydrogens is 188 g/mol. The van der Waals surface area contributed by atoms with Crippen LogP contribution in [-0.2, 0) is 0 Å². The van der Waals surface area contributed by atoms with Gasteiger partial charge in [-0.2, -0.15) is 10.5 Å². The van der Waals surface area contributed by atoms with Gasteiger partial charge in [0.1, 0.15) is 0 Å². The lowest BCUT2D eigenvalue weighted by atomic mass is 10.1. The van der Waals surface area contributed by atoms with Gasteiger partial charge >= 0.3 is 0 Å². The summed E-state index contributed by atoms with van der Waals surface area (Å²) in [6, 6.07) is 10.1. The van der Waals surface area contributed by atoms with E-state index in [1.807, 2.05) is 0 Å². The lowest BCUT2D eigenvalue weighted by molar-refractivity contribution is 0.0997. The number of carbonyl (C=O) groups is 1. The smallest absolute Gasteiger partial charge is 0.176 e. The van der Waals surface area contributed by atoms with Crippen LogP contribution in [0.2, 0.25) is 0 Å². The highest BCUT2D eigenvalue weighted by Crippen LogP contribution is 2.06. The summed E-state index contributed by atoms with van der Waals surface area (Å²) in [6.45, 7) is 0. The molecule has 0 heterocycles. The molecule has 0 radical (unpaired) electrons. The summed E-state index contributed by atoms with van der Waals surface area (Å²) in [5.74, 6) is 4.59. The van der Waals surface area contributed by atoms with E-state index in [0.29, 0.717) is 11.1 Å². The van der Waals surface area contributed by atoms with E-state index in [1.165, 1.54) is 0 Å². The Hall–Kier alpha value is -2.57. The van der Waals surface area contributed by atoms with Gasteiger partial charge in [0.15, 0.2) is 11.9 Å². The van der Waals surface area contributed by atoms with Crippen LogP contribution in [-0.4, -0.2) is 5.78 Å². The molecule has 1 rings (SSSR count). The third-order valence-electron chi connectivity index (χ3n) is 1.69. The molecule has 0 spiro atoms. The molecule has 1 aromatic carbocycles. The number of Topliss-reactive ketones (excluding diaryl/α,β-unsaturated/α-hetero) is 1. The Morgan fingerprint density at radius 1 is 1.33 bits per heavy atom. The van der Waals surface area contributed by atoms with Crippen molar-refractivity contribution >= 4 is 5.78 Å².